The summed E-state index contributed by atoms with van der Waals surface area (Å²) in [6.07, 6.45) is 0. The van der Waals surface area contributed by atoms with Gasteiger partial charge in [0, 0.05) is 7.05 Å². The van der Waals surface area contributed by atoms with Gasteiger partial charge in [0.25, 0.3) is 0 Å². The summed E-state index contributed by atoms with van der Waals surface area (Å²) in [6.45, 7) is 8.05. The fraction of sp³-hybridized carbons (Fsp3) is 0.333. The van der Waals surface area contributed by atoms with Crippen LogP contribution < -0.4 is 10.1 Å². The summed E-state index contributed by atoms with van der Waals surface area (Å²) in [7, 11) is 1.63. The smallest absolute Gasteiger partial charge is 0.338 e. The molecule has 2 amide bonds. The molecule has 1 heterocycles. The number of likely N-dealkylation sites (N-methyl/N-ethyl adjacent to an activating group) is 1. The van der Waals surface area contributed by atoms with Gasteiger partial charge in [0.15, 0.2) is 0 Å². The second-order valence-corrected chi connectivity index (χ2v) is 7.42. The number of amides is 2. The maximum Gasteiger partial charge on any atom is 0.338 e. The zero-order valence-corrected chi connectivity index (χ0v) is 18.1. The van der Waals surface area contributed by atoms with Crippen LogP contribution >= 0.6 is 0 Å². The van der Waals surface area contributed by atoms with E-state index in [2.05, 4.69) is 5.32 Å². The summed E-state index contributed by atoms with van der Waals surface area (Å²) in [5, 5.41) is 2.92. The second kappa shape index (κ2) is 9.03. The first-order chi connectivity index (χ1) is 14.3. The highest BCUT2D eigenvalue weighted by Crippen LogP contribution is 2.32. The van der Waals surface area contributed by atoms with Crippen LogP contribution in [0.5, 0.6) is 5.75 Å². The molecule has 1 aliphatic rings. The number of benzene rings is 2. The van der Waals surface area contributed by atoms with Crippen molar-refractivity contribution in [2.75, 3.05) is 20.3 Å². The Hall–Kier alpha value is -3.28. The zero-order chi connectivity index (χ0) is 21.8. The summed E-state index contributed by atoms with van der Waals surface area (Å²) in [5.74, 6) is 0.257. The number of hydrogen-bond acceptors (Lipinski definition) is 4. The molecule has 0 saturated heterocycles. The lowest BCUT2D eigenvalue weighted by Gasteiger charge is -2.34. The summed E-state index contributed by atoms with van der Waals surface area (Å²) in [5.41, 5.74) is 4.87. The van der Waals surface area contributed by atoms with Crippen LogP contribution in [-0.4, -0.2) is 37.2 Å². The molecule has 3 rings (SSSR count). The van der Waals surface area contributed by atoms with Gasteiger partial charge in [-0.15, -0.1) is 0 Å². The van der Waals surface area contributed by atoms with E-state index in [0.29, 0.717) is 11.3 Å². The van der Waals surface area contributed by atoms with Crippen molar-refractivity contribution in [1.82, 2.24) is 10.2 Å². The second-order valence-electron chi connectivity index (χ2n) is 7.42. The molecule has 1 unspecified atom stereocenters. The molecule has 6 nitrogen and oxygen atoms in total. The van der Waals surface area contributed by atoms with Gasteiger partial charge < -0.3 is 14.8 Å². The highest BCUT2D eigenvalue weighted by atomic mass is 16.5. The van der Waals surface area contributed by atoms with Crippen molar-refractivity contribution in [1.29, 1.82) is 0 Å². The third kappa shape index (κ3) is 4.32. The topological polar surface area (TPSA) is 67.9 Å². The number of esters is 1. The fourth-order valence-corrected chi connectivity index (χ4v) is 3.51. The van der Waals surface area contributed by atoms with E-state index in [1.54, 1.807) is 14.0 Å². The van der Waals surface area contributed by atoms with Gasteiger partial charge in [-0.05, 0) is 50.5 Å². The lowest BCUT2D eigenvalue weighted by molar-refractivity contribution is -0.139. The van der Waals surface area contributed by atoms with Gasteiger partial charge >= 0.3 is 12.0 Å². The molecule has 0 aliphatic carbocycles. The van der Waals surface area contributed by atoms with E-state index in [-0.39, 0.29) is 19.2 Å². The molecule has 2 aromatic rings. The Morgan fingerprint density at radius 3 is 2.57 bits per heavy atom. The quantitative estimate of drug-likeness (QED) is 0.728. The summed E-state index contributed by atoms with van der Waals surface area (Å²) in [6, 6.07) is 12.6. The van der Waals surface area contributed by atoms with E-state index in [0.717, 1.165) is 28.0 Å². The third-order valence-electron chi connectivity index (χ3n) is 5.37. The summed E-state index contributed by atoms with van der Waals surface area (Å²) in [4.78, 5) is 27.1. The summed E-state index contributed by atoms with van der Waals surface area (Å²) >= 11 is 0. The van der Waals surface area contributed by atoms with Gasteiger partial charge in [0.05, 0.1) is 23.9 Å². The van der Waals surface area contributed by atoms with Crippen molar-refractivity contribution in [2.45, 2.75) is 33.7 Å². The number of rotatable bonds is 6. The van der Waals surface area contributed by atoms with Crippen LogP contribution in [0.4, 0.5) is 4.79 Å². The molecular formula is C24H28N2O4. The van der Waals surface area contributed by atoms with Gasteiger partial charge in [-0.25, -0.2) is 9.59 Å². The standard InChI is InChI=1S/C24H28N2O4/c1-6-29-23(27)21-19(14-30-20-12-8-10-16(3)17(20)4)26(5)24(28)25-22(21)18-11-7-9-15(2)13-18/h7-13,22H,6,14H2,1-5H3,(H,25,28). The first-order valence-corrected chi connectivity index (χ1v) is 10.0. The normalized spacial score (nSPS) is 16.4. The molecule has 0 aromatic heterocycles. The maximum atomic E-state index is 12.9. The lowest BCUT2D eigenvalue weighted by atomic mass is 9.94. The minimum atomic E-state index is -0.607. The minimum Gasteiger partial charge on any atom is -0.487 e. The van der Waals surface area contributed by atoms with Crippen molar-refractivity contribution < 1.29 is 19.1 Å². The number of aryl methyl sites for hydroxylation is 2. The third-order valence-corrected chi connectivity index (χ3v) is 5.37. The Balaban J connectivity index is 2.06. The molecular weight excluding hydrogens is 380 g/mol. The number of urea groups is 1. The monoisotopic (exact) mass is 408 g/mol. The predicted octanol–water partition coefficient (Wildman–Crippen LogP) is 4.20. The molecule has 1 aliphatic heterocycles. The van der Waals surface area contributed by atoms with E-state index in [9.17, 15) is 9.59 Å². The maximum absolute atomic E-state index is 12.9. The Morgan fingerprint density at radius 1 is 1.13 bits per heavy atom. The van der Waals surface area contributed by atoms with E-state index in [1.165, 1.54) is 4.90 Å². The van der Waals surface area contributed by atoms with Gasteiger partial charge in [-0.1, -0.05) is 42.0 Å². The first-order valence-electron chi connectivity index (χ1n) is 10.0. The minimum absolute atomic E-state index is 0.0741. The molecule has 1 atom stereocenters. The van der Waals surface area contributed by atoms with Crippen molar-refractivity contribution in [3.05, 3.63) is 76.0 Å². The molecule has 0 radical (unpaired) electrons. The van der Waals surface area contributed by atoms with Crippen LogP contribution in [-0.2, 0) is 9.53 Å². The number of nitrogens with one attached hydrogen (secondary N) is 1. The number of ether oxygens (including phenoxy) is 2. The zero-order valence-electron chi connectivity index (χ0n) is 18.1. The van der Waals surface area contributed by atoms with E-state index in [4.69, 9.17) is 9.47 Å². The Morgan fingerprint density at radius 2 is 1.87 bits per heavy atom. The Labute approximate surface area is 177 Å². The number of nitrogens with zero attached hydrogens (tertiary/aromatic N) is 1. The molecule has 0 spiro atoms. The Kier molecular flexibility index (Phi) is 6.45. The molecule has 0 bridgehead atoms. The molecule has 0 fully saturated rings. The van der Waals surface area contributed by atoms with Crippen molar-refractivity contribution >= 4 is 12.0 Å². The van der Waals surface area contributed by atoms with Crippen LogP contribution in [0.25, 0.3) is 0 Å². The molecule has 158 valence electrons. The van der Waals surface area contributed by atoms with E-state index >= 15 is 0 Å². The van der Waals surface area contributed by atoms with Gasteiger partial charge in [0.1, 0.15) is 12.4 Å². The molecule has 1 N–H and O–H groups in total. The van der Waals surface area contributed by atoms with Crippen LogP contribution in [0, 0.1) is 20.8 Å². The number of carbonyl (C=O) groups excluding carboxylic acids is 2. The Bertz CT molecular complexity index is 996. The fourth-order valence-electron chi connectivity index (χ4n) is 3.51. The van der Waals surface area contributed by atoms with Crippen LogP contribution in [0.1, 0.15) is 35.2 Å². The van der Waals surface area contributed by atoms with Crippen molar-refractivity contribution in [2.24, 2.45) is 0 Å². The SMILES string of the molecule is CCOC(=O)C1=C(COc2cccc(C)c2C)N(C)C(=O)NC1c1cccc(C)c1. The molecule has 0 saturated carbocycles. The highest BCUT2D eigenvalue weighted by Gasteiger charge is 2.37. The van der Waals surface area contributed by atoms with E-state index in [1.807, 2.05) is 63.2 Å². The van der Waals surface area contributed by atoms with Gasteiger partial charge in [0.2, 0.25) is 0 Å². The molecule has 6 heteroatoms. The van der Waals surface area contributed by atoms with Crippen LogP contribution in [0.3, 0.4) is 0 Å². The largest absolute Gasteiger partial charge is 0.487 e. The van der Waals surface area contributed by atoms with Crippen molar-refractivity contribution in [3.8, 4) is 5.75 Å². The molecule has 30 heavy (non-hydrogen) atoms. The van der Waals surface area contributed by atoms with Crippen LogP contribution in [0.15, 0.2) is 53.7 Å². The average molecular weight is 408 g/mol. The van der Waals surface area contributed by atoms with E-state index < -0.39 is 12.0 Å². The highest BCUT2D eigenvalue weighted by molar-refractivity contribution is 5.95. The average Bonchev–Trinajstić information content (AvgIpc) is 2.71. The molecule has 2 aromatic carbocycles. The van der Waals surface area contributed by atoms with Crippen LogP contribution in [0.2, 0.25) is 0 Å². The number of carbonyl (C=O) groups is 2. The first kappa shape index (κ1) is 21.4. The summed E-state index contributed by atoms with van der Waals surface area (Å²) < 4.78 is 11.4. The number of hydrogen-bond donors (Lipinski definition) is 1. The lowest BCUT2D eigenvalue weighted by Crippen LogP contribution is -2.48. The van der Waals surface area contributed by atoms with Crippen molar-refractivity contribution in [3.63, 3.8) is 0 Å². The predicted molar refractivity (Wildman–Crippen MR) is 115 cm³/mol. The van der Waals surface area contributed by atoms with Gasteiger partial charge in [-0.3, -0.25) is 4.90 Å². The van der Waals surface area contributed by atoms with Gasteiger partial charge in [-0.2, -0.15) is 0 Å².